The molecule has 0 aliphatic rings. The quantitative estimate of drug-likeness (QED) is 0.881. The van der Waals surface area contributed by atoms with Gasteiger partial charge in [-0.15, -0.1) is 0 Å². The van der Waals surface area contributed by atoms with Crippen LogP contribution in [0.1, 0.15) is 31.3 Å². The van der Waals surface area contributed by atoms with E-state index in [0.717, 1.165) is 0 Å². The molecular formula is C15H16ClNO4. The Bertz CT molecular complexity index is 677. The molecule has 5 nitrogen and oxygen atoms in total. The van der Waals surface area contributed by atoms with Gasteiger partial charge in [0.25, 0.3) is 5.91 Å². The SMILES string of the molecule is CC(C)NC(=O)C(C)OC(=O)c1cc2cc(Cl)ccc2o1. The average molecular weight is 310 g/mol. The van der Waals surface area contributed by atoms with Crippen molar-refractivity contribution in [3.63, 3.8) is 0 Å². The molecule has 2 aromatic rings. The van der Waals surface area contributed by atoms with Crippen LogP contribution in [0.5, 0.6) is 0 Å². The molecule has 112 valence electrons. The van der Waals surface area contributed by atoms with Gasteiger partial charge in [-0.3, -0.25) is 4.79 Å². The first-order chi connectivity index (χ1) is 9.86. The Kier molecular flexibility index (Phi) is 4.53. The number of hydrogen-bond donors (Lipinski definition) is 1. The zero-order valence-corrected chi connectivity index (χ0v) is 12.7. The predicted octanol–water partition coefficient (Wildman–Crippen LogP) is 3.16. The molecule has 1 N–H and O–H groups in total. The van der Waals surface area contributed by atoms with E-state index in [0.29, 0.717) is 16.0 Å². The molecule has 0 saturated heterocycles. The summed E-state index contributed by atoms with van der Waals surface area (Å²) in [4.78, 5) is 23.7. The standard InChI is InChI=1S/C15H16ClNO4/c1-8(2)17-14(18)9(3)20-15(19)13-7-10-6-11(16)4-5-12(10)21-13/h4-9H,1-3H3,(H,17,18). The summed E-state index contributed by atoms with van der Waals surface area (Å²) in [5.41, 5.74) is 0.533. The van der Waals surface area contributed by atoms with Crippen molar-refractivity contribution in [1.29, 1.82) is 0 Å². The number of rotatable bonds is 4. The number of halogens is 1. The topological polar surface area (TPSA) is 68.5 Å². The summed E-state index contributed by atoms with van der Waals surface area (Å²) in [6, 6.07) is 6.54. The maximum atomic E-state index is 12.0. The number of esters is 1. The van der Waals surface area contributed by atoms with E-state index < -0.39 is 12.1 Å². The lowest BCUT2D eigenvalue weighted by Crippen LogP contribution is -2.39. The second-order valence-corrected chi connectivity index (χ2v) is 5.44. The van der Waals surface area contributed by atoms with Gasteiger partial charge in [-0.2, -0.15) is 0 Å². The van der Waals surface area contributed by atoms with Crippen LogP contribution >= 0.6 is 11.6 Å². The predicted molar refractivity (Wildman–Crippen MR) is 79.4 cm³/mol. The van der Waals surface area contributed by atoms with Crippen LogP contribution in [0.3, 0.4) is 0 Å². The summed E-state index contributed by atoms with van der Waals surface area (Å²) in [5, 5.41) is 3.92. The highest BCUT2D eigenvalue weighted by atomic mass is 35.5. The van der Waals surface area contributed by atoms with Crippen molar-refractivity contribution in [3.05, 3.63) is 35.0 Å². The van der Waals surface area contributed by atoms with Gasteiger partial charge in [-0.05, 0) is 45.0 Å². The second-order valence-electron chi connectivity index (χ2n) is 5.00. The molecule has 0 radical (unpaired) electrons. The van der Waals surface area contributed by atoms with Gasteiger partial charge in [0.05, 0.1) is 0 Å². The third-order valence-electron chi connectivity index (χ3n) is 2.76. The highest BCUT2D eigenvalue weighted by Gasteiger charge is 2.21. The molecule has 1 aromatic heterocycles. The van der Waals surface area contributed by atoms with E-state index in [2.05, 4.69) is 5.32 Å². The van der Waals surface area contributed by atoms with Crippen LogP contribution < -0.4 is 5.32 Å². The number of carbonyl (C=O) groups is 2. The summed E-state index contributed by atoms with van der Waals surface area (Å²) in [6.07, 6.45) is -0.892. The number of furan rings is 1. The van der Waals surface area contributed by atoms with Gasteiger partial charge < -0.3 is 14.5 Å². The van der Waals surface area contributed by atoms with Crippen LogP contribution in [0, 0.1) is 0 Å². The van der Waals surface area contributed by atoms with Crippen LogP contribution in [0.15, 0.2) is 28.7 Å². The van der Waals surface area contributed by atoms with Crippen LogP contribution in [0.25, 0.3) is 11.0 Å². The van der Waals surface area contributed by atoms with Crippen LogP contribution in [0.2, 0.25) is 5.02 Å². The molecule has 0 bridgehead atoms. The Morgan fingerprint density at radius 3 is 2.62 bits per heavy atom. The molecule has 1 aromatic carbocycles. The first-order valence-corrected chi connectivity index (χ1v) is 6.95. The molecule has 0 spiro atoms. The highest BCUT2D eigenvalue weighted by molar-refractivity contribution is 6.31. The maximum Gasteiger partial charge on any atom is 0.375 e. The average Bonchev–Trinajstić information content (AvgIpc) is 2.80. The van der Waals surface area contributed by atoms with E-state index in [4.69, 9.17) is 20.8 Å². The van der Waals surface area contributed by atoms with E-state index >= 15 is 0 Å². The highest BCUT2D eigenvalue weighted by Crippen LogP contribution is 2.23. The molecular weight excluding hydrogens is 294 g/mol. The Labute approximate surface area is 127 Å². The molecule has 0 fully saturated rings. The van der Waals surface area contributed by atoms with E-state index in [9.17, 15) is 9.59 Å². The minimum absolute atomic E-state index is 0.0213. The molecule has 1 unspecified atom stereocenters. The summed E-state index contributed by atoms with van der Waals surface area (Å²) in [6.45, 7) is 5.17. The number of hydrogen-bond acceptors (Lipinski definition) is 4. The molecule has 0 aliphatic heterocycles. The fourth-order valence-corrected chi connectivity index (χ4v) is 1.97. The van der Waals surface area contributed by atoms with Crippen molar-refractivity contribution in [3.8, 4) is 0 Å². The maximum absolute atomic E-state index is 12.0. The lowest BCUT2D eigenvalue weighted by atomic mass is 10.2. The molecule has 1 heterocycles. The van der Waals surface area contributed by atoms with Crippen molar-refractivity contribution in [2.75, 3.05) is 0 Å². The molecule has 1 amide bonds. The van der Waals surface area contributed by atoms with Crippen LogP contribution in [-0.2, 0) is 9.53 Å². The summed E-state index contributed by atoms with van der Waals surface area (Å²) in [7, 11) is 0. The number of fused-ring (bicyclic) bond motifs is 1. The lowest BCUT2D eigenvalue weighted by molar-refractivity contribution is -0.129. The van der Waals surface area contributed by atoms with E-state index in [1.807, 2.05) is 13.8 Å². The molecule has 21 heavy (non-hydrogen) atoms. The fraction of sp³-hybridized carbons (Fsp3) is 0.333. The van der Waals surface area contributed by atoms with Crippen molar-refractivity contribution < 1.29 is 18.7 Å². The van der Waals surface area contributed by atoms with E-state index in [1.54, 1.807) is 18.2 Å². The third kappa shape index (κ3) is 3.76. The molecule has 6 heteroatoms. The minimum atomic E-state index is -0.892. The van der Waals surface area contributed by atoms with Gasteiger partial charge in [-0.25, -0.2) is 4.79 Å². The monoisotopic (exact) mass is 309 g/mol. The van der Waals surface area contributed by atoms with Crippen molar-refractivity contribution >= 4 is 34.4 Å². The molecule has 2 rings (SSSR count). The zero-order valence-electron chi connectivity index (χ0n) is 12.0. The smallest absolute Gasteiger partial charge is 0.375 e. The number of ether oxygens (including phenoxy) is 1. The van der Waals surface area contributed by atoms with Crippen molar-refractivity contribution in [2.24, 2.45) is 0 Å². The summed E-state index contributed by atoms with van der Waals surface area (Å²) in [5.74, 6) is -0.998. The molecule has 0 aliphatic carbocycles. The largest absolute Gasteiger partial charge is 0.449 e. The van der Waals surface area contributed by atoms with Crippen molar-refractivity contribution in [1.82, 2.24) is 5.32 Å². The summed E-state index contributed by atoms with van der Waals surface area (Å²) >= 11 is 5.87. The lowest BCUT2D eigenvalue weighted by Gasteiger charge is -2.14. The van der Waals surface area contributed by atoms with Crippen LogP contribution in [-0.4, -0.2) is 24.0 Å². The van der Waals surface area contributed by atoms with Crippen molar-refractivity contribution in [2.45, 2.75) is 32.9 Å². The Hall–Kier alpha value is -2.01. The number of amides is 1. The normalized spacial score (nSPS) is 12.4. The zero-order chi connectivity index (χ0) is 15.6. The van der Waals surface area contributed by atoms with Gasteiger partial charge in [-0.1, -0.05) is 11.6 Å². The van der Waals surface area contributed by atoms with E-state index in [1.165, 1.54) is 13.0 Å². The van der Waals surface area contributed by atoms with Gasteiger partial charge in [0, 0.05) is 16.5 Å². The minimum Gasteiger partial charge on any atom is -0.449 e. The van der Waals surface area contributed by atoms with Crippen LogP contribution in [0.4, 0.5) is 0 Å². The number of carbonyl (C=O) groups excluding carboxylic acids is 2. The second kappa shape index (κ2) is 6.18. The number of benzene rings is 1. The first-order valence-electron chi connectivity index (χ1n) is 6.57. The third-order valence-corrected chi connectivity index (χ3v) is 3.00. The van der Waals surface area contributed by atoms with Gasteiger partial charge in [0.2, 0.25) is 5.76 Å². The summed E-state index contributed by atoms with van der Waals surface area (Å²) < 4.78 is 10.5. The van der Waals surface area contributed by atoms with Gasteiger partial charge >= 0.3 is 5.97 Å². The Balaban J connectivity index is 2.09. The Morgan fingerprint density at radius 1 is 1.24 bits per heavy atom. The first kappa shape index (κ1) is 15.4. The molecule has 1 atom stereocenters. The van der Waals surface area contributed by atoms with Gasteiger partial charge in [0.1, 0.15) is 5.58 Å². The van der Waals surface area contributed by atoms with Gasteiger partial charge in [0.15, 0.2) is 6.10 Å². The Morgan fingerprint density at radius 2 is 1.95 bits per heavy atom. The fourth-order valence-electron chi connectivity index (χ4n) is 1.79. The molecule has 0 saturated carbocycles. The number of nitrogens with one attached hydrogen (secondary N) is 1. The van der Waals surface area contributed by atoms with E-state index in [-0.39, 0.29) is 17.7 Å².